The Labute approximate surface area is 184 Å². The van der Waals surface area contributed by atoms with Crippen molar-refractivity contribution in [3.05, 3.63) is 67.0 Å². The van der Waals surface area contributed by atoms with E-state index in [0.29, 0.717) is 18.9 Å². The Morgan fingerprint density at radius 1 is 1.12 bits per heavy atom. The summed E-state index contributed by atoms with van der Waals surface area (Å²) in [4.78, 5) is 18.7. The van der Waals surface area contributed by atoms with Crippen molar-refractivity contribution in [1.29, 1.82) is 0 Å². The SMILES string of the molecule is COc1ccc(N2C[C@H](COc3ccc(-c4ccn[nH]4)c4cccnc34)OCC2=O)cc1. The van der Waals surface area contributed by atoms with Gasteiger partial charge in [0.2, 0.25) is 0 Å². The third kappa shape index (κ3) is 3.88. The van der Waals surface area contributed by atoms with Gasteiger partial charge < -0.3 is 19.1 Å². The first-order valence-electron chi connectivity index (χ1n) is 10.3. The van der Waals surface area contributed by atoms with Gasteiger partial charge in [0.25, 0.3) is 5.91 Å². The quantitative estimate of drug-likeness (QED) is 0.504. The number of carbonyl (C=O) groups is 1. The van der Waals surface area contributed by atoms with Crippen molar-refractivity contribution < 1.29 is 19.0 Å². The molecular formula is C24H22N4O4. The summed E-state index contributed by atoms with van der Waals surface area (Å²) in [5.41, 5.74) is 3.49. The fourth-order valence-corrected chi connectivity index (χ4v) is 3.82. The second-order valence-corrected chi connectivity index (χ2v) is 7.43. The summed E-state index contributed by atoms with van der Waals surface area (Å²) in [7, 11) is 1.61. The lowest BCUT2D eigenvalue weighted by molar-refractivity contribution is -0.130. The highest BCUT2D eigenvalue weighted by Gasteiger charge is 2.28. The number of morpholine rings is 1. The van der Waals surface area contributed by atoms with Crippen molar-refractivity contribution in [2.24, 2.45) is 0 Å². The van der Waals surface area contributed by atoms with Crippen LogP contribution in [-0.4, -0.2) is 54.1 Å². The summed E-state index contributed by atoms with van der Waals surface area (Å²) in [5, 5.41) is 8.00. The number of fused-ring (bicyclic) bond motifs is 1. The third-order valence-electron chi connectivity index (χ3n) is 5.46. The minimum absolute atomic E-state index is 0.0117. The first-order valence-corrected chi connectivity index (χ1v) is 10.3. The maximum absolute atomic E-state index is 12.4. The van der Waals surface area contributed by atoms with Crippen LogP contribution in [-0.2, 0) is 9.53 Å². The molecule has 1 fully saturated rings. The molecule has 0 spiro atoms. The van der Waals surface area contributed by atoms with Crippen LogP contribution in [0, 0.1) is 0 Å². The van der Waals surface area contributed by atoms with Crippen LogP contribution in [0.1, 0.15) is 0 Å². The molecule has 1 N–H and O–H groups in total. The van der Waals surface area contributed by atoms with Gasteiger partial charge in [0, 0.05) is 29.0 Å². The first kappa shape index (κ1) is 20.0. The average molecular weight is 430 g/mol. The normalized spacial score (nSPS) is 16.3. The molecule has 0 bridgehead atoms. The number of nitrogens with zero attached hydrogens (tertiary/aromatic N) is 3. The molecule has 4 aromatic rings. The number of aromatic amines is 1. The van der Waals surface area contributed by atoms with E-state index in [-0.39, 0.29) is 18.6 Å². The van der Waals surface area contributed by atoms with Gasteiger partial charge in [-0.05, 0) is 48.5 Å². The maximum Gasteiger partial charge on any atom is 0.253 e. The molecule has 0 aliphatic carbocycles. The van der Waals surface area contributed by atoms with Gasteiger partial charge >= 0.3 is 0 Å². The van der Waals surface area contributed by atoms with Crippen molar-refractivity contribution in [1.82, 2.24) is 15.2 Å². The molecule has 8 nitrogen and oxygen atoms in total. The number of aromatic nitrogens is 3. The molecule has 0 saturated carbocycles. The first-order chi connectivity index (χ1) is 15.7. The Bertz CT molecular complexity index is 1220. The van der Waals surface area contributed by atoms with Crippen molar-refractivity contribution in [3.8, 4) is 22.8 Å². The summed E-state index contributed by atoms with van der Waals surface area (Å²) in [6.45, 7) is 0.718. The Hall–Kier alpha value is -3.91. The van der Waals surface area contributed by atoms with Crippen LogP contribution >= 0.6 is 0 Å². The number of hydrogen-bond donors (Lipinski definition) is 1. The molecule has 0 radical (unpaired) electrons. The predicted octanol–water partition coefficient (Wildman–Crippen LogP) is 3.44. The van der Waals surface area contributed by atoms with Gasteiger partial charge in [-0.15, -0.1) is 0 Å². The minimum atomic E-state index is -0.263. The predicted molar refractivity (Wildman–Crippen MR) is 120 cm³/mol. The summed E-state index contributed by atoms with van der Waals surface area (Å²) in [5.74, 6) is 1.33. The van der Waals surface area contributed by atoms with Crippen molar-refractivity contribution in [2.75, 3.05) is 31.8 Å². The number of ether oxygens (including phenoxy) is 3. The molecule has 1 saturated heterocycles. The average Bonchev–Trinajstić information content (AvgIpc) is 3.38. The molecule has 2 aromatic carbocycles. The number of rotatable bonds is 6. The van der Waals surface area contributed by atoms with Gasteiger partial charge in [-0.1, -0.05) is 6.07 Å². The number of H-pyrrole nitrogens is 1. The number of methoxy groups -OCH3 is 1. The highest BCUT2D eigenvalue weighted by molar-refractivity contribution is 5.97. The van der Waals surface area contributed by atoms with Crippen LogP contribution in [0.15, 0.2) is 67.0 Å². The van der Waals surface area contributed by atoms with E-state index in [4.69, 9.17) is 14.2 Å². The second-order valence-electron chi connectivity index (χ2n) is 7.43. The fraction of sp³-hybridized carbons (Fsp3) is 0.208. The van der Waals surface area contributed by atoms with Gasteiger partial charge in [0.05, 0.1) is 19.3 Å². The molecule has 0 unspecified atom stereocenters. The van der Waals surface area contributed by atoms with Gasteiger partial charge in [0.15, 0.2) is 0 Å². The Morgan fingerprint density at radius 2 is 2.00 bits per heavy atom. The molecule has 3 heterocycles. The highest BCUT2D eigenvalue weighted by atomic mass is 16.5. The van der Waals surface area contributed by atoms with Crippen LogP contribution in [0.4, 0.5) is 5.69 Å². The van der Waals surface area contributed by atoms with Crippen molar-refractivity contribution in [2.45, 2.75) is 6.10 Å². The van der Waals surface area contributed by atoms with Gasteiger partial charge in [-0.25, -0.2) is 0 Å². The van der Waals surface area contributed by atoms with Crippen LogP contribution in [0.25, 0.3) is 22.2 Å². The van der Waals surface area contributed by atoms with E-state index in [1.54, 1.807) is 24.4 Å². The van der Waals surface area contributed by atoms with Crippen LogP contribution < -0.4 is 14.4 Å². The molecule has 2 aromatic heterocycles. The van der Waals surface area contributed by atoms with E-state index < -0.39 is 0 Å². The molecule has 5 rings (SSSR count). The fourth-order valence-electron chi connectivity index (χ4n) is 3.82. The largest absolute Gasteiger partial charge is 0.497 e. The van der Waals surface area contributed by atoms with Gasteiger partial charge in [0.1, 0.15) is 36.3 Å². The maximum atomic E-state index is 12.4. The highest BCUT2D eigenvalue weighted by Crippen LogP contribution is 2.32. The summed E-state index contributed by atoms with van der Waals surface area (Å²) in [6.07, 6.45) is 3.20. The Morgan fingerprint density at radius 3 is 2.78 bits per heavy atom. The zero-order chi connectivity index (χ0) is 21.9. The molecule has 1 atom stereocenters. The Balaban J connectivity index is 1.33. The number of anilines is 1. The van der Waals surface area contributed by atoms with Gasteiger partial charge in [-0.2, -0.15) is 5.10 Å². The monoisotopic (exact) mass is 430 g/mol. The van der Waals surface area contributed by atoms with Crippen LogP contribution in [0.3, 0.4) is 0 Å². The van der Waals surface area contributed by atoms with E-state index in [1.807, 2.05) is 54.6 Å². The zero-order valence-electron chi connectivity index (χ0n) is 17.5. The number of benzene rings is 2. The zero-order valence-corrected chi connectivity index (χ0v) is 17.5. The van der Waals surface area contributed by atoms with E-state index in [0.717, 1.165) is 33.6 Å². The van der Waals surface area contributed by atoms with Crippen LogP contribution in [0.5, 0.6) is 11.5 Å². The van der Waals surface area contributed by atoms with E-state index >= 15 is 0 Å². The number of hydrogen-bond acceptors (Lipinski definition) is 6. The van der Waals surface area contributed by atoms with E-state index in [1.165, 1.54) is 0 Å². The number of pyridine rings is 1. The lowest BCUT2D eigenvalue weighted by Gasteiger charge is -2.32. The van der Waals surface area contributed by atoms with E-state index in [9.17, 15) is 4.79 Å². The summed E-state index contributed by atoms with van der Waals surface area (Å²) in [6, 6.07) is 17.1. The molecule has 1 aliphatic heterocycles. The summed E-state index contributed by atoms with van der Waals surface area (Å²) >= 11 is 0. The molecule has 8 heteroatoms. The minimum Gasteiger partial charge on any atom is -0.497 e. The van der Waals surface area contributed by atoms with E-state index in [2.05, 4.69) is 15.2 Å². The van der Waals surface area contributed by atoms with Gasteiger partial charge in [-0.3, -0.25) is 14.9 Å². The molecule has 32 heavy (non-hydrogen) atoms. The molecular weight excluding hydrogens is 408 g/mol. The van der Waals surface area contributed by atoms with Crippen molar-refractivity contribution >= 4 is 22.5 Å². The molecule has 1 amide bonds. The number of carbonyl (C=O) groups excluding carboxylic acids is 1. The van der Waals surface area contributed by atoms with Crippen molar-refractivity contribution in [3.63, 3.8) is 0 Å². The summed E-state index contributed by atoms with van der Waals surface area (Å²) < 4.78 is 17.0. The number of nitrogens with one attached hydrogen (secondary N) is 1. The molecule has 1 aliphatic rings. The third-order valence-corrected chi connectivity index (χ3v) is 5.46. The smallest absolute Gasteiger partial charge is 0.253 e. The lowest BCUT2D eigenvalue weighted by Crippen LogP contribution is -2.48. The number of amides is 1. The standard InChI is InChI=1S/C24H22N4O4/c1-30-17-6-4-16(5-7-17)28-13-18(31-15-23(28)29)14-32-22-9-8-19(21-10-12-26-27-21)20-3-2-11-25-24(20)22/h2-12,18H,13-15H2,1H3,(H,26,27)/t18-/m1/s1. The second kappa shape index (κ2) is 8.68. The molecule has 162 valence electrons. The Kier molecular flexibility index (Phi) is 5.43. The topological polar surface area (TPSA) is 89.6 Å². The van der Waals surface area contributed by atoms with Crippen LogP contribution in [0.2, 0.25) is 0 Å². The lowest BCUT2D eigenvalue weighted by atomic mass is 10.1.